The largest absolute Gasteiger partial charge is 0.417 e. The molecule has 0 unspecified atom stereocenters. The Bertz CT molecular complexity index is 1010. The first kappa shape index (κ1) is 16.2. The van der Waals surface area contributed by atoms with E-state index in [1.54, 1.807) is 23.4 Å². The van der Waals surface area contributed by atoms with Gasteiger partial charge in [-0.3, -0.25) is 4.79 Å². The number of nitrogens with zero attached hydrogens (tertiary/aromatic N) is 4. The van der Waals surface area contributed by atoms with Crippen molar-refractivity contribution in [3.63, 3.8) is 0 Å². The topological polar surface area (TPSA) is 79.5 Å². The van der Waals surface area contributed by atoms with Crippen LogP contribution in [0.25, 0.3) is 10.8 Å². The minimum absolute atomic E-state index is 0.0856. The molecular weight excluding hydrogens is 339 g/mol. The molecule has 3 heterocycles. The normalized spacial score (nSPS) is 14.7. The molecule has 1 aliphatic heterocycles. The molecule has 1 aromatic carbocycles. The Kier molecular flexibility index (Phi) is 4.08. The third kappa shape index (κ3) is 3.01. The lowest BCUT2D eigenvalue weighted by Gasteiger charge is -2.34. The highest BCUT2D eigenvalue weighted by molar-refractivity contribution is 5.95. The summed E-state index contributed by atoms with van der Waals surface area (Å²) in [6.45, 7) is 2.04. The molecule has 1 fully saturated rings. The molecule has 0 aliphatic carbocycles. The lowest BCUT2D eigenvalue weighted by Crippen LogP contribution is -2.49. The summed E-state index contributed by atoms with van der Waals surface area (Å²) >= 11 is 0. The molecule has 0 N–H and O–H groups in total. The Hall–Kier alpha value is -3.29. The number of anilines is 1. The molecule has 0 bridgehead atoms. The van der Waals surface area contributed by atoms with Crippen molar-refractivity contribution in [2.45, 2.75) is 0 Å². The number of hydrogen-bond donors (Lipinski definition) is 0. The molecule has 1 aliphatic rings. The predicted molar refractivity (Wildman–Crippen MR) is 92.6 cm³/mol. The van der Waals surface area contributed by atoms with Crippen molar-refractivity contribution in [2.24, 2.45) is 0 Å². The van der Waals surface area contributed by atoms with Gasteiger partial charge < -0.3 is 14.2 Å². The van der Waals surface area contributed by atoms with Crippen LogP contribution in [0.1, 0.15) is 10.6 Å². The van der Waals surface area contributed by atoms with Gasteiger partial charge in [0.25, 0.3) is 5.91 Å². The number of piperazine rings is 1. The van der Waals surface area contributed by atoms with Gasteiger partial charge in [0.15, 0.2) is 5.76 Å². The summed E-state index contributed by atoms with van der Waals surface area (Å²) in [7, 11) is 0. The van der Waals surface area contributed by atoms with Crippen molar-refractivity contribution < 1.29 is 13.6 Å². The quantitative estimate of drug-likeness (QED) is 0.697. The molecule has 1 amide bonds. The van der Waals surface area contributed by atoms with Gasteiger partial charge in [0, 0.05) is 38.6 Å². The monoisotopic (exact) mass is 354 g/mol. The van der Waals surface area contributed by atoms with Crippen LogP contribution in [0.15, 0.2) is 51.9 Å². The molecule has 132 valence electrons. The third-order valence-electron chi connectivity index (χ3n) is 4.34. The molecule has 26 heavy (non-hydrogen) atoms. The second-order valence-corrected chi connectivity index (χ2v) is 5.96. The molecule has 2 aromatic heterocycles. The Labute approximate surface area is 147 Å². The van der Waals surface area contributed by atoms with Crippen LogP contribution in [0.4, 0.5) is 10.3 Å². The van der Waals surface area contributed by atoms with E-state index in [0.717, 1.165) is 0 Å². The number of benzene rings is 1. The predicted octanol–water partition coefficient (Wildman–Crippen LogP) is 1.68. The standard InChI is InChI=1S/C18H15FN4O3/c19-13-2-3-14-12(10-13)11-15(26-17(14)25)16(24)22-6-8-23(9-7-22)18-20-4-1-5-21-18/h1-5,10-11H,6-9H2. The average Bonchev–Trinajstić information content (AvgIpc) is 2.68. The van der Waals surface area contributed by atoms with E-state index in [-0.39, 0.29) is 17.1 Å². The van der Waals surface area contributed by atoms with Gasteiger partial charge in [-0.15, -0.1) is 0 Å². The van der Waals surface area contributed by atoms with Crippen LogP contribution in [0, 0.1) is 5.82 Å². The highest BCUT2D eigenvalue weighted by atomic mass is 19.1. The lowest BCUT2D eigenvalue weighted by molar-refractivity contribution is 0.0710. The first-order chi connectivity index (χ1) is 12.6. The molecule has 1 saturated heterocycles. The fraction of sp³-hybridized carbons (Fsp3) is 0.222. The SMILES string of the molecule is O=C(c1cc2cc(F)ccc2c(=O)o1)N1CCN(c2ncccn2)CC1. The molecule has 0 saturated carbocycles. The maximum Gasteiger partial charge on any atom is 0.344 e. The second kappa shape index (κ2) is 6.55. The first-order valence-corrected chi connectivity index (χ1v) is 8.16. The molecular formula is C18H15FN4O3. The van der Waals surface area contributed by atoms with Crippen molar-refractivity contribution in [3.05, 3.63) is 64.7 Å². The Morgan fingerprint density at radius 1 is 1.08 bits per heavy atom. The number of aromatic nitrogens is 2. The Morgan fingerprint density at radius 2 is 1.81 bits per heavy atom. The second-order valence-electron chi connectivity index (χ2n) is 5.96. The summed E-state index contributed by atoms with van der Waals surface area (Å²) in [6, 6.07) is 6.91. The van der Waals surface area contributed by atoms with Gasteiger partial charge >= 0.3 is 5.63 Å². The van der Waals surface area contributed by atoms with Crippen LogP contribution < -0.4 is 10.5 Å². The maximum absolute atomic E-state index is 13.4. The average molecular weight is 354 g/mol. The molecule has 4 rings (SSSR count). The van der Waals surface area contributed by atoms with Gasteiger partial charge in [0.1, 0.15) is 5.82 Å². The van der Waals surface area contributed by atoms with Crippen LogP contribution in [0.3, 0.4) is 0 Å². The molecule has 0 radical (unpaired) electrons. The van der Waals surface area contributed by atoms with E-state index in [1.807, 2.05) is 4.90 Å². The summed E-state index contributed by atoms with van der Waals surface area (Å²) in [6.07, 6.45) is 3.34. The number of carbonyl (C=O) groups excluding carboxylic acids is 1. The number of hydrogen-bond acceptors (Lipinski definition) is 6. The number of carbonyl (C=O) groups is 1. The molecule has 0 atom stereocenters. The Balaban J connectivity index is 1.54. The van der Waals surface area contributed by atoms with Crippen molar-refractivity contribution in [1.82, 2.24) is 14.9 Å². The van der Waals surface area contributed by atoms with Gasteiger partial charge in [-0.1, -0.05) is 0 Å². The van der Waals surface area contributed by atoms with Crippen molar-refractivity contribution in [2.75, 3.05) is 31.1 Å². The summed E-state index contributed by atoms with van der Waals surface area (Å²) in [5.74, 6) is -0.329. The molecule has 7 nitrogen and oxygen atoms in total. The van der Waals surface area contributed by atoms with E-state index in [1.165, 1.54) is 24.3 Å². The minimum Gasteiger partial charge on any atom is -0.417 e. The van der Waals surface area contributed by atoms with E-state index < -0.39 is 11.4 Å². The van der Waals surface area contributed by atoms with E-state index in [9.17, 15) is 14.0 Å². The van der Waals surface area contributed by atoms with Crippen molar-refractivity contribution in [1.29, 1.82) is 0 Å². The summed E-state index contributed by atoms with van der Waals surface area (Å²) in [4.78, 5) is 36.7. The zero-order chi connectivity index (χ0) is 18.1. The zero-order valence-corrected chi connectivity index (χ0v) is 13.8. The Morgan fingerprint density at radius 3 is 2.54 bits per heavy atom. The number of amides is 1. The highest BCUT2D eigenvalue weighted by Gasteiger charge is 2.25. The van der Waals surface area contributed by atoms with Gasteiger partial charge in [-0.05, 0) is 35.7 Å². The van der Waals surface area contributed by atoms with E-state index in [0.29, 0.717) is 37.5 Å². The van der Waals surface area contributed by atoms with Crippen LogP contribution in [0.2, 0.25) is 0 Å². The third-order valence-corrected chi connectivity index (χ3v) is 4.34. The fourth-order valence-corrected chi connectivity index (χ4v) is 2.99. The molecule has 8 heteroatoms. The number of halogens is 1. The zero-order valence-electron chi connectivity index (χ0n) is 13.8. The lowest BCUT2D eigenvalue weighted by atomic mass is 10.1. The number of rotatable bonds is 2. The number of fused-ring (bicyclic) bond motifs is 1. The van der Waals surface area contributed by atoms with Crippen LogP contribution in [-0.4, -0.2) is 47.0 Å². The van der Waals surface area contributed by atoms with E-state index in [2.05, 4.69) is 9.97 Å². The van der Waals surface area contributed by atoms with Gasteiger partial charge in [-0.25, -0.2) is 19.2 Å². The summed E-state index contributed by atoms with van der Waals surface area (Å²) in [5.41, 5.74) is -0.651. The summed E-state index contributed by atoms with van der Waals surface area (Å²) < 4.78 is 18.6. The molecule has 3 aromatic rings. The van der Waals surface area contributed by atoms with Crippen LogP contribution in [-0.2, 0) is 0 Å². The smallest absolute Gasteiger partial charge is 0.344 e. The van der Waals surface area contributed by atoms with Crippen LogP contribution in [0.5, 0.6) is 0 Å². The highest BCUT2D eigenvalue weighted by Crippen LogP contribution is 2.17. The van der Waals surface area contributed by atoms with Crippen molar-refractivity contribution in [3.8, 4) is 0 Å². The first-order valence-electron chi connectivity index (χ1n) is 8.16. The van der Waals surface area contributed by atoms with Crippen LogP contribution >= 0.6 is 0 Å². The maximum atomic E-state index is 13.4. The van der Waals surface area contributed by atoms with Gasteiger partial charge in [0.2, 0.25) is 5.95 Å². The van der Waals surface area contributed by atoms with Gasteiger partial charge in [0.05, 0.1) is 5.39 Å². The minimum atomic E-state index is -0.651. The van der Waals surface area contributed by atoms with Crippen molar-refractivity contribution >= 4 is 22.6 Å². The van der Waals surface area contributed by atoms with Gasteiger partial charge in [-0.2, -0.15) is 0 Å². The van der Waals surface area contributed by atoms with E-state index in [4.69, 9.17) is 4.42 Å². The summed E-state index contributed by atoms with van der Waals surface area (Å²) in [5, 5.41) is 0.593. The van der Waals surface area contributed by atoms with E-state index >= 15 is 0 Å². The fourth-order valence-electron chi connectivity index (χ4n) is 2.99. The molecule has 0 spiro atoms.